The Kier molecular flexibility index (Phi) is 4.56. The maximum Gasteiger partial charge on any atom is 0.331 e. The Labute approximate surface area is 126 Å². The number of hydrogen-bond donors (Lipinski definition) is 2. The molecule has 0 amide bonds. The molecule has 0 bridgehead atoms. The molecule has 1 aromatic carbocycles. The second-order valence-corrected chi connectivity index (χ2v) is 4.54. The number of aromatic nitrogens is 4. The van der Waals surface area contributed by atoms with E-state index in [1.807, 2.05) is 0 Å². The number of ether oxygens (including phenoxy) is 2. The summed E-state index contributed by atoms with van der Waals surface area (Å²) < 4.78 is 11.4. The fourth-order valence-corrected chi connectivity index (χ4v) is 2.06. The van der Waals surface area contributed by atoms with Crippen LogP contribution in [0.3, 0.4) is 0 Å². The highest BCUT2D eigenvalue weighted by atomic mass is 16.5. The second kappa shape index (κ2) is 6.39. The van der Waals surface area contributed by atoms with Crippen LogP contribution in [0.5, 0.6) is 11.5 Å². The lowest BCUT2D eigenvalue weighted by Crippen LogP contribution is -2.30. The van der Waals surface area contributed by atoms with Gasteiger partial charge >= 0.3 is 5.97 Å². The fourth-order valence-electron chi connectivity index (χ4n) is 2.06. The molecule has 2 aromatic rings. The van der Waals surface area contributed by atoms with Crippen molar-refractivity contribution < 1.29 is 24.5 Å². The van der Waals surface area contributed by atoms with Gasteiger partial charge in [0.25, 0.3) is 0 Å². The molecule has 2 rings (SSSR count). The maximum atomic E-state index is 11.3. The minimum Gasteiger partial charge on any atom is -0.493 e. The number of hydrogen-bond acceptors (Lipinski definition) is 7. The monoisotopic (exact) mass is 308 g/mol. The van der Waals surface area contributed by atoms with Gasteiger partial charge in [0.1, 0.15) is 0 Å². The maximum absolute atomic E-state index is 11.3. The van der Waals surface area contributed by atoms with Crippen LogP contribution in [0.1, 0.15) is 13.0 Å². The number of aliphatic hydroxyl groups excluding tert-OH is 1. The van der Waals surface area contributed by atoms with Crippen LogP contribution in [-0.2, 0) is 4.79 Å². The van der Waals surface area contributed by atoms with Gasteiger partial charge < -0.3 is 19.7 Å². The van der Waals surface area contributed by atoms with Crippen LogP contribution in [0.2, 0.25) is 0 Å². The van der Waals surface area contributed by atoms with Crippen molar-refractivity contribution in [3.05, 3.63) is 18.2 Å². The topological polar surface area (TPSA) is 120 Å². The highest BCUT2D eigenvalue weighted by Crippen LogP contribution is 2.32. The van der Waals surface area contributed by atoms with E-state index in [4.69, 9.17) is 9.47 Å². The van der Waals surface area contributed by atoms with Gasteiger partial charge in [-0.25, -0.2) is 9.48 Å². The molecule has 1 heterocycles. The Morgan fingerprint density at radius 1 is 1.27 bits per heavy atom. The number of aliphatic carboxylic acids is 1. The van der Waals surface area contributed by atoms with Gasteiger partial charge in [-0.15, -0.1) is 5.10 Å². The molecule has 2 atom stereocenters. The summed E-state index contributed by atoms with van der Waals surface area (Å²) in [5.74, 6) is -0.0488. The minimum absolute atomic E-state index is 0.203. The molecular weight excluding hydrogens is 292 g/mol. The van der Waals surface area contributed by atoms with E-state index < -0.39 is 18.1 Å². The molecule has 118 valence electrons. The molecule has 22 heavy (non-hydrogen) atoms. The predicted octanol–water partition coefficient (Wildman–Crippen LogP) is 0.364. The van der Waals surface area contributed by atoms with Gasteiger partial charge in [0, 0.05) is 5.56 Å². The Balaban J connectivity index is 2.51. The molecule has 0 saturated heterocycles. The van der Waals surface area contributed by atoms with Crippen LogP contribution in [0.25, 0.3) is 11.4 Å². The number of methoxy groups -OCH3 is 2. The summed E-state index contributed by atoms with van der Waals surface area (Å²) in [6.45, 7) is 1.36. The van der Waals surface area contributed by atoms with Crippen LogP contribution in [-0.4, -0.2) is 56.7 Å². The van der Waals surface area contributed by atoms with Crippen molar-refractivity contribution in [3.8, 4) is 22.9 Å². The lowest BCUT2D eigenvalue weighted by atomic mass is 10.1. The van der Waals surface area contributed by atoms with E-state index in [-0.39, 0.29) is 5.82 Å². The van der Waals surface area contributed by atoms with Gasteiger partial charge in [0.05, 0.1) is 20.3 Å². The third-order valence-electron chi connectivity index (χ3n) is 3.11. The van der Waals surface area contributed by atoms with Gasteiger partial charge in [-0.05, 0) is 35.5 Å². The number of rotatable bonds is 6. The number of benzene rings is 1. The lowest BCUT2D eigenvalue weighted by molar-refractivity contribution is -0.144. The first-order valence-electron chi connectivity index (χ1n) is 6.40. The van der Waals surface area contributed by atoms with Gasteiger partial charge in [0.15, 0.2) is 23.4 Å². The smallest absolute Gasteiger partial charge is 0.331 e. The Bertz CT molecular complexity index is 670. The fraction of sp³-hybridized carbons (Fsp3) is 0.385. The first kappa shape index (κ1) is 15.7. The molecule has 0 aliphatic carbocycles. The SMILES string of the molecule is COc1ccc(-c2nnnn2C(C(=O)O)C(C)O)cc1OC. The number of carbonyl (C=O) groups is 1. The van der Waals surface area contributed by atoms with Crippen molar-refractivity contribution >= 4 is 5.97 Å². The van der Waals surface area contributed by atoms with Crippen LogP contribution in [0, 0.1) is 0 Å². The zero-order valence-corrected chi connectivity index (χ0v) is 12.3. The Morgan fingerprint density at radius 3 is 2.50 bits per heavy atom. The van der Waals surface area contributed by atoms with Gasteiger partial charge in [-0.3, -0.25) is 0 Å². The lowest BCUT2D eigenvalue weighted by Gasteiger charge is -2.17. The molecule has 0 spiro atoms. The van der Waals surface area contributed by atoms with Crippen molar-refractivity contribution in [3.63, 3.8) is 0 Å². The zero-order valence-electron chi connectivity index (χ0n) is 12.3. The molecule has 9 heteroatoms. The molecule has 0 fully saturated rings. The molecular formula is C13H16N4O5. The summed E-state index contributed by atoms with van der Waals surface area (Å²) >= 11 is 0. The molecule has 0 saturated carbocycles. The van der Waals surface area contributed by atoms with Crippen LogP contribution in [0.15, 0.2) is 18.2 Å². The quantitative estimate of drug-likeness (QED) is 0.785. The normalized spacial score (nSPS) is 13.5. The number of nitrogens with zero attached hydrogens (tertiary/aromatic N) is 4. The number of tetrazole rings is 1. The van der Waals surface area contributed by atoms with Gasteiger partial charge in [0.2, 0.25) is 0 Å². The number of carboxylic acid groups (broad SMARTS) is 1. The molecule has 9 nitrogen and oxygen atoms in total. The van der Waals surface area contributed by atoms with Crippen LogP contribution >= 0.6 is 0 Å². The minimum atomic E-state index is -1.29. The van der Waals surface area contributed by atoms with Gasteiger partial charge in [-0.1, -0.05) is 0 Å². The summed E-state index contributed by atoms with van der Waals surface area (Å²) in [6.07, 6.45) is -1.17. The van der Waals surface area contributed by atoms with E-state index in [1.165, 1.54) is 21.1 Å². The summed E-state index contributed by atoms with van der Waals surface area (Å²) in [5.41, 5.74) is 0.537. The van der Waals surface area contributed by atoms with E-state index in [2.05, 4.69) is 15.5 Å². The van der Waals surface area contributed by atoms with E-state index in [1.54, 1.807) is 18.2 Å². The Hall–Kier alpha value is -2.68. The highest BCUT2D eigenvalue weighted by molar-refractivity contribution is 5.73. The average molecular weight is 308 g/mol. The first-order valence-corrected chi connectivity index (χ1v) is 6.40. The zero-order chi connectivity index (χ0) is 16.3. The van der Waals surface area contributed by atoms with Crippen molar-refractivity contribution in [2.45, 2.75) is 19.1 Å². The summed E-state index contributed by atoms with van der Waals surface area (Å²) in [5, 5.41) is 29.9. The average Bonchev–Trinajstić information content (AvgIpc) is 2.94. The predicted molar refractivity (Wildman–Crippen MR) is 74.7 cm³/mol. The van der Waals surface area contributed by atoms with E-state index >= 15 is 0 Å². The molecule has 1 aromatic heterocycles. The summed E-state index contributed by atoms with van der Waals surface area (Å²) in [4.78, 5) is 11.3. The second-order valence-electron chi connectivity index (χ2n) is 4.54. The molecule has 0 radical (unpaired) electrons. The van der Waals surface area contributed by atoms with Crippen molar-refractivity contribution in [1.29, 1.82) is 0 Å². The number of carboxylic acids is 1. The van der Waals surface area contributed by atoms with Crippen molar-refractivity contribution in [2.24, 2.45) is 0 Å². The van der Waals surface area contributed by atoms with E-state index in [0.717, 1.165) is 4.68 Å². The van der Waals surface area contributed by atoms with E-state index in [9.17, 15) is 15.0 Å². The number of aliphatic hydroxyl groups is 1. The van der Waals surface area contributed by atoms with Crippen LogP contribution in [0.4, 0.5) is 0 Å². The van der Waals surface area contributed by atoms with Gasteiger partial charge in [-0.2, -0.15) is 0 Å². The molecule has 0 aliphatic rings. The third kappa shape index (κ3) is 2.84. The van der Waals surface area contributed by atoms with Crippen LogP contribution < -0.4 is 9.47 Å². The highest BCUT2D eigenvalue weighted by Gasteiger charge is 2.29. The van der Waals surface area contributed by atoms with E-state index in [0.29, 0.717) is 17.1 Å². The largest absolute Gasteiger partial charge is 0.493 e. The first-order chi connectivity index (χ1) is 10.5. The standard InChI is InChI=1S/C13H16N4O5/c1-7(18)11(13(19)20)17-12(14-15-16-17)8-4-5-9(21-2)10(6-8)22-3/h4-7,11,18H,1-3H3,(H,19,20). The summed E-state index contributed by atoms with van der Waals surface area (Å²) in [7, 11) is 3.00. The third-order valence-corrected chi connectivity index (χ3v) is 3.11. The Morgan fingerprint density at radius 2 is 1.95 bits per heavy atom. The summed E-state index contributed by atoms with van der Waals surface area (Å²) in [6, 6.07) is 3.66. The molecule has 2 unspecified atom stereocenters. The van der Waals surface area contributed by atoms with Crippen molar-refractivity contribution in [2.75, 3.05) is 14.2 Å². The molecule has 2 N–H and O–H groups in total. The molecule has 0 aliphatic heterocycles. The van der Waals surface area contributed by atoms with Crippen molar-refractivity contribution in [1.82, 2.24) is 20.2 Å².